The van der Waals surface area contributed by atoms with Crippen LogP contribution in [0.2, 0.25) is 0 Å². The van der Waals surface area contributed by atoms with Gasteiger partial charge < -0.3 is 51.3 Å². The van der Waals surface area contributed by atoms with Gasteiger partial charge in [0.2, 0.25) is 17.7 Å². The van der Waals surface area contributed by atoms with Gasteiger partial charge >= 0.3 is 12.1 Å². The molecular formula is C36H60N10O10. The molecule has 0 aliphatic rings. The number of nitrogens with zero attached hydrogens (tertiary/aromatic N) is 3. The number of nitrogens with two attached hydrogens (primary N) is 2. The van der Waals surface area contributed by atoms with Gasteiger partial charge in [0.05, 0.1) is 52.3 Å². The average Bonchev–Trinajstić information content (AvgIpc) is 3.60. The predicted octanol–water partition coefficient (Wildman–Crippen LogP) is 1.09. The molecule has 0 aliphatic heterocycles. The molecule has 0 radical (unpaired) electrons. The van der Waals surface area contributed by atoms with Crippen molar-refractivity contribution >= 4 is 35.5 Å². The summed E-state index contributed by atoms with van der Waals surface area (Å²) >= 11 is 0. The van der Waals surface area contributed by atoms with Crippen LogP contribution in [0.3, 0.4) is 0 Å². The number of benzene rings is 1. The lowest BCUT2D eigenvalue weighted by Gasteiger charge is -2.24. The lowest BCUT2D eigenvalue weighted by Crippen LogP contribution is -2.53. The largest absolute Gasteiger partial charge is 0.445 e. The Labute approximate surface area is 327 Å². The summed E-state index contributed by atoms with van der Waals surface area (Å²) < 4.78 is 23.5. The third-order valence-corrected chi connectivity index (χ3v) is 7.81. The molecule has 2 atom stereocenters. The van der Waals surface area contributed by atoms with Crippen molar-refractivity contribution in [1.82, 2.24) is 36.3 Å². The van der Waals surface area contributed by atoms with Crippen LogP contribution in [0.25, 0.3) is 0 Å². The zero-order valence-electron chi connectivity index (χ0n) is 32.9. The van der Waals surface area contributed by atoms with E-state index in [9.17, 15) is 24.0 Å². The Balaban J connectivity index is 1.77. The van der Waals surface area contributed by atoms with Gasteiger partial charge in [-0.25, -0.2) is 20.2 Å². The molecule has 2 rings (SSSR count). The second-order valence-corrected chi connectivity index (χ2v) is 13.7. The fraction of sp³-hybridized carbons (Fsp3) is 0.639. The van der Waals surface area contributed by atoms with E-state index >= 15 is 0 Å². The van der Waals surface area contributed by atoms with Crippen molar-refractivity contribution in [1.29, 1.82) is 0 Å². The lowest BCUT2D eigenvalue weighted by atomic mass is 10.0. The molecule has 0 spiro atoms. The Bertz CT molecular complexity index is 1460. The van der Waals surface area contributed by atoms with E-state index in [1.165, 1.54) is 0 Å². The highest BCUT2D eigenvalue weighted by Gasteiger charge is 2.27. The van der Waals surface area contributed by atoms with Gasteiger partial charge in [0, 0.05) is 18.8 Å². The van der Waals surface area contributed by atoms with Crippen LogP contribution in [0, 0.1) is 11.8 Å². The first kappa shape index (κ1) is 47.3. The van der Waals surface area contributed by atoms with Crippen molar-refractivity contribution in [2.75, 3.05) is 58.1 Å². The van der Waals surface area contributed by atoms with Gasteiger partial charge in [0.25, 0.3) is 0 Å². The van der Waals surface area contributed by atoms with Gasteiger partial charge in [0.15, 0.2) is 0 Å². The summed E-state index contributed by atoms with van der Waals surface area (Å²) in [5.41, 5.74) is 6.76. The molecule has 0 saturated carbocycles. The van der Waals surface area contributed by atoms with E-state index in [4.69, 9.17) is 30.6 Å². The molecule has 0 bridgehead atoms. The highest BCUT2D eigenvalue weighted by molar-refractivity contribution is 5.98. The van der Waals surface area contributed by atoms with E-state index in [0.717, 1.165) is 13.0 Å². The maximum Gasteiger partial charge on any atom is 0.407 e. The number of amides is 6. The van der Waals surface area contributed by atoms with Crippen molar-refractivity contribution in [2.45, 2.75) is 85.2 Å². The van der Waals surface area contributed by atoms with Gasteiger partial charge in [-0.2, -0.15) is 0 Å². The van der Waals surface area contributed by atoms with Crippen molar-refractivity contribution in [3.63, 3.8) is 0 Å². The van der Waals surface area contributed by atoms with Crippen molar-refractivity contribution < 1.29 is 47.8 Å². The van der Waals surface area contributed by atoms with E-state index in [-0.39, 0.29) is 32.0 Å². The maximum atomic E-state index is 13.3. The number of nitrogens with one attached hydrogen (secondary N) is 5. The fourth-order valence-electron chi connectivity index (χ4n) is 4.90. The summed E-state index contributed by atoms with van der Waals surface area (Å²) in [6, 6.07) is 3.91. The quantitative estimate of drug-likeness (QED) is 0.0450. The summed E-state index contributed by atoms with van der Waals surface area (Å²) in [5, 5.41) is 21.2. The normalized spacial score (nSPS) is 12.2. The summed E-state index contributed by atoms with van der Waals surface area (Å²) in [7, 11) is 0. The second-order valence-electron chi connectivity index (χ2n) is 13.7. The number of carbonyl (C=O) groups is 5. The molecular weight excluding hydrogens is 732 g/mol. The van der Waals surface area contributed by atoms with Crippen LogP contribution in [0.1, 0.15) is 64.6 Å². The Hall–Kier alpha value is -4.89. The maximum absolute atomic E-state index is 13.3. The smallest absolute Gasteiger partial charge is 0.407 e. The monoisotopic (exact) mass is 792 g/mol. The summed E-state index contributed by atoms with van der Waals surface area (Å²) in [6.45, 7) is 11.6. The molecule has 20 heteroatoms. The van der Waals surface area contributed by atoms with Gasteiger partial charge in [-0.1, -0.05) is 45.0 Å². The standard InChI is InChI=1S/C36H60N10O10/c1-25(2)11-14-52-16-18-54-19-17-53-15-13-46-22-29(44-45-46)21-40-36(51)55-23-27-7-9-28(10-8-27)41-33(48)30(6-5-12-39-35(37)50)43-34(49)31(20-26(3)4)42-32(47)24-56-38/h7-10,22,25-26,30-31H,5-6,11-21,23-24,38H2,1-4H3,(H,40,51)(H,41,48)(H,42,47)(H,43,49)(H3,37,39,50)/t30-,31-/m0/s1. The minimum Gasteiger partial charge on any atom is -0.445 e. The summed E-state index contributed by atoms with van der Waals surface area (Å²) in [6.07, 6.45) is 2.86. The van der Waals surface area contributed by atoms with E-state index in [0.29, 0.717) is 75.3 Å². The third-order valence-electron chi connectivity index (χ3n) is 7.81. The topological polar surface area (TPSA) is 274 Å². The summed E-state index contributed by atoms with van der Waals surface area (Å²) in [5.74, 6) is 3.96. The first-order valence-electron chi connectivity index (χ1n) is 18.7. The van der Waals surface area contributed by atoms with E-state index < -0.39 is 48.5 Å². The number of primary amides is 1. The van der Waals surface area contributed by atoms with E-state index in [1.54, 1.807) is 35.1 Å². The van der Waals surface area contributed by atoms with Gasteiger partial charge in [-0.15, -0.1) is 5.10 Å². The zero-order valence-corrected chi connectivity index (χ0v) is 32.9. The second kappa shape index (κ2) is 27.7. The van der Waals surface area contributed by atoms with Crippen LogP contribution in [-0.2, 0) is 57.9 Å². The van der Waals surface area contributed by atoms with Crippen LogP contribution in [0.5, 0.6) is 0 Å². The number of rotatable bonds is 29. The molecule has 56 heavy (non-hydrogen) atoms. The first-order valence-corrected chi connectivity index (χ1v) is 18.7. The molecule has 1 aromatic heterocycles. The van der Waals surface area contributed by atoms with Gasteiger partial charge in [-0.05, 0) is 55.2 Å². The molecule has 9 N–H and O–H groups in total. The number of ether oxygens (including phenoxy) is 4. The van der Waals surface area contributed by atoms with Crippen LogP contribution in [0.4, 0.5) is 15.3 Å². The van der Waals surface area contributed by atoms with Crippen molar-refractivity contribution in [2.24, 2.45) is 23.5 Å². The molecule has 6 amide bonds. The van der Waals surface area contributed by atoms with Crippen molar-refractivity contribution in [3.8, 4) is 0 Å². The number of anilines is 1. The molecule has 1 aromatic carbocycles. The number of carbonyl (C=O) groups excluding carboxylic acids is 5. The van der Waals surface area contributed by atoms with Crippen molar-refractivity contribution in [3.05, 3.63) is 41.7 Å². The molecule has 2 aromatic rings. The highest BCUT2D eigenvalue weighted by Crippen LogP contribution is 2.13. The molecule has 0 fully saturated rings. The molecule has 0 aliphatic carbocycles. The highest BCUT2D eigenvalue weighted by atomic mass is 16.6. The molecule has 0 unspecified atom stereocenters. The third kappa shape index (κ3) is 21.9. The van der Waals surface area contributed by atoms with Crippen LogP contribution >= 0.6 is 0 Å². The SMILES string of the molecule is CC(C)CCOCCOCCOCCn1cc(CNC(=O)OCc2ccc(NC(=O)[C@H](CCCNC(N)=O)NC(=O)[C@H](CC(C)C)NC(=O)CON)cc2)nn1. The molecule has 0 saturated heterocycles. The van der Waals surface area contributed by atoms with Crippen LogP contribution in [0.15, 0.2) is 30.5 Å². The molecule has 1 heterocycles. The Morgan fingerprint density at radius 2 is 1.48 bits per heavy atom. The number of hydrogen-bond donors (Lipinski definition) is 7. The number of alkyl carbamates (subject to hydrolysis) is 1. The van der Waals surface area contributed by atoms with Crippen LogP contribution < -0.4 is 38.2 Å². The summed E-state index contributed by atoms with van der Waals surface area (Å²) in [4.78, 5) is 66.4. The number of hydrogen-bond acceptors (Lipinski definition) is 13. The molecule has 314 valence electrons. The lowest BCUT2D eigenvalue weighted by molar-refractivity contribution is -0.133. The van der Waals surface area contributed by atoms with E-state index in [2.05, 4.69) is 55.6 Å². The first-order chi connectivity index (χ1) is 26.9. The minimum atomic E-state index is -1.02. The average molecular weight is 793 g/mol. The van der Waals surface area contributed by atoms with E-state index in [1.807, 2.05) is 13.8 Å². The predicted molar refractivity (Wildman–Crippen MR) is 204 cm³/mol. The van der Waals surface area contributed by atoms with Gasteiger partial charge in [0.1, 0.15) is 31.0 Å². The molecule has 20 nitrogen and oxygen atoms in total. The number of urea groups is 1. The van der Waals surface area contributed by atoms with Gasteiger partial charge in [-0.3, -0.25) is 19.2 Å². The minimum absolute atomic E-state index is 0.0380. The van der Waals surface area contributed by atoms with Crippen LogP contribution in [-0.4, -0.2) is 110 Å². The Morgan fingerprint density at radius 1 is 0.804 bits per heavy atom. The Kier molecular flexibility index (Phi) is 23.3. The number of aromatic nitrogens is 3. The zero-order chi connectivity index (χ0) is 41.1. The Morgan fingerprint density at radius 3 is 2.12 bits per heavy atom. The fourth-order valence-corrected chi connectivity index (χ4v) is 4.90.